The van der Waals surface area contributed by atoms with Gasteiger partial charge in [0.15, 0.2) is 0 Å². The highest BCUT2D eigenvalue weighted by Crippen LogP contribution is 2.46. The Morgan fingerprint density at radius 3 is 2.86 bits per heavy atom. The molecule has 1 heterocycles. The van der Waals surface area contributed by atoms with E-state index in [0.717, 1.165) is 37.1 Å². The van der Waals surface area contributed by atoms with Crippen molar-refractivity contribution < 1.29 is 9.53 Å². The maximum Gasteiger partial charge on any atom is 0.244 e. The van der Waals surface area contributed by atoms with E-state index in [1.165, 1.54) is 0 Å². The van der Waals surface area contributed by atoms with Crippen LogP contribution in [0.1, 0.15) is 44.8 Å². The van der Waals surface area contributed by atoms with E-state index in [0.29, 0.717) is 5.92 Å². The summed E-state index contributed by atoms with van der Waals surface area (Å²) in [6.07, 6.45) is 2.98. The second-order valence-corrected chi connectivity index (χ2v) is 6.38. The lowest BCUT2D eigenvalue weighted by molar-refractivity contribution is -0.131. The number of amides is 1. The maximum atomic E-state index is 12.7. The molecule has 0 radical (unpaired) electrons. The molecule has 2 fully saturated rings. The first kappa shape index (κ1) is 14.4. The molecule has 1 aromatic carbocycles. The molecule has 2 aliphatic rings. The summed E-state index contributed by atoms with van der Waals surface area (Å²) in [6.45, 7) is 5.19. The van der Waals surface area contributed by atoms with E-state index in [-0.39, 0.29) is 17.6 Å². The minimum Gasteiger partial charge on any atom is -0.497 e. The van der Waals surface area contributed by atoms with Crippen molar-refractivity contribution >= 4 is 5.91 Å². The van der Waals surface area contributed by atoms with Gasteiger partial charge in [-0.05, 0) is 36.5 Å². The van der Waals surface area contributed by atoms with Gasteiger partial charge in [0, 0.05) is 6.54 Å². The molecule has 1 aromatic rings. The fourth-order valence-corrected chi connectivity index (χ4v) is 3.00. The van der Waals surface area contributed by atoms with Crippen molar-refractivity contribution in [1.29, 1.82) is 0 Å². The first-order valence-electron chi connectivity index (χ1n) is 7.82. The molecule has 1 saturated heterocycles. The molecule has 2 unspecified atom stereocenters. The third-order valence-corrected chi connectivity index (χ3v) is 4.76. The van der Waals surface area contributed by atoms with E-state index >= 15 is 0 Å². The zero-order valence-corrected chi connectivity index (χ0v) is 13.1. The van der Waals surface area contributed by atoms with Gasteiger partial charge in [-0.25, -0.2) is 0 Å². The number of carbonyl (C=O) groups is 1. The van der Waals surface area contributed by atoms with Crippen LogP contribution >= 0.6 is 0 Å². The van der Waals surface area contributed by atoms with E-state index in [1.54, 1.807) is 7.11 Å². The summed E-state index contributed by atoms with van der Waals surface area (Å²) in [5.74, 6) is 1.62. The van der Waals surface area contributed by atoms with Gasteiger partial charge in [-0.1, -0.05) is 32.4 Å². The summed E-state index contributed by atoms with van der Waals surface area (Å²) in [5, 5.41) is 3.56. The number of carbonyl (C=O) groups excluding carboxylic acids is 1. The average Bonchev–Trinajstić information content (AvgIpc) is 3.25. The number of benzene rings is 1. The fourth-order valence-electron chi connectivity index (χ4n) is 3.00. The molecule has 1 aliphatic carbocycles. The minimum atomic E-state index is -0.277. The van der Waals surface area contributed by atoms with Crippen LogP contribution in [0.2, 0.25) is 0 Å². The van der Waals surface area contributed by atoms with Gasteiger partial charge in [0.25, 0.3) is 0 Å². The highest BCUT2D eigenvalue weighted by Gasteiger charge is 2.59. The molecule has 1 N–H and O–H groups in total. The molecule has 114 valence electrons. The lowest BCUT2D eigenvalue weighted by Gasteiger charge is -2.27. The molecule has 3 rings (SSSR count). The number of rotatable bonds is 5. The third-order valence-electron chi connectivity index (χ3n) is 4.76. The van der Waals surface area contributed by atoms with E-state index in [9.17, 15) is 4.79 Å². The van der Waals surface area contributed by atoms with Crippen LogP contribution in [-0.2, 0) is 4.79 Å². The molecular weight excluding hydrogens is 264 g/mol. The van der Waals surface area contributed by atoms with E-state index in [4.69, 9.17) is 4.74 Å². The van der Waals surface area contributed by atoms with Crippen LogP contribution < -0.4 is 10.1 Å². The van der Waals surface area contributed by atoms with Gasteiger partial charge in [-0.15, -0.1) is 0 Å². The van der Waals surface area contributed by atoms with Crippen LogP contribution in [0.3, 0.4) is 0 Å². The number of methoxy groups -OCH3 is 1. The monoisotopic (exact) mass is 288 g/mol. The number of hydrogen-bond acceptors (Lipinski definition) is 3. The highest BCUT2D eigenvalue weighted by molar-refractivity contribution is 5.92. The molecular formula is C17H24N2O2. The van der Waals surface area contributed by atoms with Crippen molar-refractivity contribution in [2.45, 2.75) is 44.8 Å². The second-order valence-electron chi connectivity index (χ2n) is 6.38. The number of nitrogens with one attached hydrogen (secondary N) is 1. The molecule has 1 saturated carbocycles. The lowest BCUT2D eigenvalue weighted by Crippen LogP contribution is -2.35. The van der Waals surface area contributed by atoms with Crippen LogP contribution in [-0.4, -0.2) is 30.0 Å². The van der Waals surface area contributed by atoms with E-state index in [2.05, 4.69) is 25.2 Å². The Morgan fingerprint density at radius 1 is 1.48 bits per heavy atom. The molecule has 0 aromatic heterocycles. The molecule has 4 heteroatoms. The van der Waals surface area contributed by atoms with Crippen LogP contribution in [0, 0.1) is 5.92 Å². The molecule has 21 heavy (non-hydrogen) atoms. The highest BCUT2D eigenvalue weighted by atomic mass is 16.5. The third kappa shape index (κ3) is 2.53. The van der Waals surface area contributed by atoms with Crippen molar-refractivity contribution in [3.63, 3.8) is 0 Å². The van der Waals surface area contributed by atoms with Crippen molar-refractivity contribution in [2.75, 3.05) is 13.7 Å². The minimum absolute atomic E-state index is 0.0240. The predicted molar refractivity (Wildman–Crippen MR) is 82.0 cm³/mol. The second kappa shape index (κ2) is 5.34. The average molecular weight is 288 g/mol. The molecule has 1 amide bonds. The Balaban J connectivity index is 1.88. The largest absolute Gasteiger partial charge is 0.497 e. The number of hydrogen-bond donors (Lipinski definition) is 1. The molecule has 4 nitrogen and oxygen atoms in total. The molecule has 0 bridgehead atoms. The van der Waals surface area contributed by atoms with Gasteiger partial charge in [0.05, 0.1) is 7.11 Å². The standard InChI is InChI=1S/C17H24N2O2/c1-4-12(2)11-19-15(18-17(8-9-17)16(19)20)13-6-5-7-14(10-13)21-3/h5-7,10,12,15,18H,4,8-9,11H2,1-3H3. The molecule has 1 spiro atoms. The lowest BCUT2D eigenvalue weighted by atomic mass is 10.1. The smallest absolute Gasteiger partial charge is 0.244 e. The normalized spacial score (nSPS) is 24.4. The zero-order chi connectivity index (χ0) is 15.0. The topological polar surface area (TPSA) is 41.6 Å². The zero-order valence-electron chi connectivity index (χ0n) is 13.1. The Bertz CT molecular complexity index is 539. The first-order valence-corrected chi connectivity index (χ1v) is 7.82. The number of ether oxygens (including phenoxy) is 1. The van der Waals surface area contributed by atoms with Crippen LogP contribution in [0.15, 0.2) is 24.3 Å². The summed E-state index contributed by atoms with van der Waals surface area (Å²) in [6, 6.07) is 8.01. The van der Waals surface area contributed by atoms with Gasteiger partial charge in [-0.2, -0.15) is 0 Å². The summed E-state index contributed by atoms with van der Waals surface area (Å²) < 4.78 is 5.32. The van der Waals surface area contributed by atoms with Crippen LogP contribution in [0.25, 0.3) is 0 Å². The molecule has 1 aliphatic heterocycles. The van der Waals surface area contributed by atoms with Crippen molar-refractivity contribution in [3.05, 3.63) is 29.8 Å². The summed E-state index contributed by atoms with van der Waals surface area (Å²) in [5.41, 5.74) is 0.830. The Hall–Kier alpha value is -1.55. The van der Waals surface area contributed by atoms with E-state index < -0.39 is 0 Å². The maximum absolute atomic E-state index is 12.7. The van der Waals surface area contributed by atoms with Crippen LogP contribution in [0.4, 0.5) is 0 Å². The van der Waals surface area contributed by atoms with Gasteiger partial charge >= 0.3 is 0 Å². The van der Waals surface area contributed by atoms with E-state index in [1.807, 2.05) is 23.1 Å². The summed E-state index contributed by atoms with van der Waals surface area (Å²) >= 11 is 0. The van der Waals surface area contributed by atoms with Gasteiger partial charge < -0.3 is 9.64 Å². The Kier molecular flexibility index (Phi) is 3.66. The summed E-state index contributed by atoms with van der Waals surface area (Å²) in [7, 11) is 1.67. The SMILES string of the molecule is CCC(C)CN1C(=O)C2(CC2)NC1c1cccc(OC)c1. The van der Waals surface area contributed by atoms with Crippen molar-refractivity contribution in [1.82, 2.24) is 10.2 Å². The first-order chi connectivity index (χ1) is 10.1. The fraction of sp³-hybridized carbons (Fsp3) is 0.588. The van der Waals surface area contributed by atoms with Gasteiger partial charge in [-0.3, -0.25) is 10.1 Å². The molecule has 2 atom stereocenters. The van der Waals surface area contributed by atoms with Crippen molar-refractivity contribution in [3.8, 4) is 5.75 Å². The van der Waals surface area contributed by atoms with Gasteiger partial charge in [0.2, 0.25) is 5.91 Å². The van der Waals surface area contributed by atoms with Gasteiger partial charge in [0.1, 0.15) is 17.5 Å². The Morgan fingerprint density at radius 2 is 2.24 bits per heavy atom. The van der Waals surface area contributed by atoms with Crippen LogP contribution in [0.5, 0.6) is 5.75 Å². The number of nitrogens with zero attached hydrogens (tertiary/aromatic N) is 1. The Labute approximate surface area is 126 Å². The quantitative estimate of drug-likeness (QED) is 0.906. The predicted octanol–water partition coefficient (Wildman–Crippen LogP) is 2.70. The van der Waals surface area contributed by atoms with Crippen molar-refractivity contribution in [2.24, 2.45) is 5.92 Å². The summed E-state index contributed by atoms with van der Waals surface area (Å²) in [4.78, 5) is 14.7.